The van der Waals surface area contributed by atoms with Crippen molar-refractivity contribution < 1.29 is 0 Å². The number of likely N-dealkylation sites (tertiary alicyclic amines) is 1. The number of para-hydroxylation sites is 1. The van der Waals surface area contributed by atoms with Crippen LogP contribution in [0.3, 0.4) is 0 Å². The van der Waals surface area contributed by atoms with Gasteiger partial charge in [-0.25, -0.2) is 4.99 Å². The first kappa shape index (κ1) is 18.4. The van der Waals surface area contributed by atoms with Gasteiger partial charge in [-0.3, -0.25) is 4.98 Å². The second-order valence-corrected chi connectivity index (χ2v) is 7.19. The summed E-state index contributed by atoms with van der Waals surface area (Å²) in [7, 11) is 0. The topological polar surface area (TPSA) is 40.5 Å². The van der Waals surface area contributed by atoms with Crippen molar-refractivity contribution in [3.8, 4) is 0 Å². The van der Waals surface area contributed by atoms with Crippen molar-refractivity contribution in [3.05, 3.63) is 42.1 Å². The van der Waals surface area contributed by atoms with E-state index in [4.69, 9.17) is 4.99 Å². The highest BCUT2D eigenvalue weighted by Crippen LogP contribution is 2.47. The highest BCUT2D eigenvalue weighted by Gasteiger charge is 2.43. The summed E-state index contributed by atoms with van der Waals surface area (Å²) in [6.45, 7) is 6.05. The summed E-state index contributed by atoms with van der Waals surface area (Å²) >= 11 is 0. The van der Waals surface area contributed by atoms with Crippen molar-refractivity contribution in [3.63, 3.8) is 0 Å². The minimum atomic E-state index is 0. The molecule has 25 heavy (non-hydrogen) atoms. The van der Waals surface area contributed by atoms with E-state index in [2.05, 4.69) is 46.4 Å². The molecule has 4 nitrogen and oxygen atoms in total. The lowest BCUT2D eigenvalue weighted by atomic mass is 9.68. The Morgan fingerprint density at radius 3 is 2.80 bits per heavy atom. The Bertz CT molecular complexity index is 749. The van der Waals surface area contributed by atoms with Crippen molar-refractivity contribution in [1.29, 1.82) is 0 Å². The van der Waals surface area contributed by atoms with Crippen LogP contribution in [-0.2, 0) is 6.54 Å². The van der Waals surface area contributed by atoms with Crippen molar-refractivity contribution in [2.45, 2.75) is 39.2 Å². The molecule has 1 aromatic heterocycles. The number of nitrogens with zero attached hydrogens (tertiary/aromatic N) is 3. The monoisotopic (exact) mass is 450 g/mol. The van der Waals surface area contributed by atoms with Crippen LogP contribution in [0.1, 0.15) is 38.2 Å². The van der Waals surface area contributed by atoms with Crippen molar-refractivity contribution >= 4 is 40.8 Å². The molecule has 4 rings (SSSR count). The molecule has 0 atom stereocenters. The fourth-order valence-electron chi connectivity index (χ4n) is 4.08. The van der Waals surface area contributed by atoms with Gasteiger partial charge in [0.25, 0.3) is 0 Å². The summed E-state index contributed by atoms with van der Waals surface area (Å²) in [4.78, 5) is 11.9. The summed E-state index contributed by atoms with van der Waals surface area (Å²) < 4.78 is 0. The average Bonchev–Trinajstić information content (AvgIpc) is 3.04. The number of hydrogen-bond acceptors (Lipinski definition) is 2. The highest BCUT2D eigenvalue weighted by atomic mass is 127. The van der Waals surface area contributed by atoms with Crippen LogP contribution < -0.4 is 5.32 Å². The van der Waals surface area contributed by atoms with Gasteiger partial charge in [-0.05, 0) is 43.2 Å². The quantitative estimate of drug-likeness (QED) is 0.433. The van der Waals surface area contributed by atoms with Gasteiger partial charge in [0.15, 0.2) is 5.96 Å². The normalized spacial score (nSPS) is 18.9. The second-order valence-electron chi connectivity index (χ2n) is 7.19. The molecule has 1 saturated heterocycles. The van der Waals surface area contributed by atoms with E-state index in [0.717, 1.165) is 24.6 Å². The van der Waals surface area contributed by atoms with Crippen molar-refractivity contribution in [2.75, 3.05) is 19.6 Å². The Morgan fingerprint density at radius 2 is 2.08 bits per heavy atom. The largest absolute Gasteiger partial charge is 0.357 e. The van der Waals surface area contributed by atoms with Crippen LogP contribution >= 0.6 is 24.0 Å². The Balaban J connectivity index is 0.00000182. The van der Waals surface area contributed by atoms with Crippen LogP contribution in [0.2, 0.25) is 0 Å². The van der Waals surface area contributed by atoms with E-state index in [1.54, 1.807) is 0 Å². The minimum Gasteiger partial charge on any atom is -0.357 e. The molecule has 1 saturated carbocycles. The molecule has 0 bridgehead atoms. The van der Waals surface area contributed by atoms with Gasteiger partial charge >= 0.3 is 0 Å². The SMILES string of the molecule is CCNC(=NCc1cccc2cccnc12)N1CCC2(CCC2)C1.I. The van der Waals surface area contributed by atoms with E-state index in [1.165, 1.54) is 43.2 Å². The first-order chi connectivity index (χ1) is 11.8. The molecule has 2 heterocycles. The van der Waals surface area contributed by atoms with E-state index >= 15 is 0 Å². The first-order valence-electron chi connectivity index (χ1n) is 9.16. The van der Waals surface area contributed by atoms with Gasteiger partial charge in [-0.15, -0.1) is 24.0 Å². The number of benzene rings is 1. The Kier molecular flexibility index (Phi) is 5.81. The van der Waals surface area contributed by atoms with Crippen LogP contribution in [0.25, 0.3) is 10.9 Å². The predicted octanol–water partition coefficient (Wildman–Crippen LogP) is 4.19. The fraction of sp³-hybridized carbons (Fsp3) is 0.500. The number of aliphatic imine (C=N–C) groups is 1. The van der Waals surface area contributed by atoms with Crippen molar-refractivity contribution in [2.24, 2.45) is 10.4 Å². The van der Waals surface area contributed by atoms with Gasteiger partial charge in [-0.2, -0.15) is 0 Å². The summed E-state index contributed by atoms with van der Waals surface area (Å²) in [6.07, 6.45) is 7.39. The molecule has 2 aliphatic rings. The molecule has 1 spiro atoms. The molecule has 1 aliphatic carbocycles. The number of hydrogen-bond donors (Lipinski definition) is 1. The van der Waals surface area contributed by atoms with E-state index in [1.807, 2.05) is 12.3 Å². The summed E-state index contributed by atoms with van der Waals surface area (Å²) in [5.41, 5.74) is 2.86. The number of nitrogens with one attached hydrogen (secondary N) is 1. The molecule has 0 radical (unpaired) electrons. The fourth-order valence-corrected chi connectivity index (χ4v) is 4.08. The Morgan fingerprint density at radius 1 is 1.24 bits per heavy atom. The number of pyridine rings is 1. The molecule has 134 valence electrons. The van der Waals surface area contributed by atoms with Gasteiger partial charge in [0.05, 0.1) is 12.1 Å². The third kappa shape index (κ3) is 3.76. The molecule has 0 amide bonds. The number of rotatable bonds is 3. The number of guanidine groups is 1. The maximum atomic E-state index is 4.93. The molecule has 5 heteroatoms. The Hall–Kier alpha value is -1.37. The van der Waals surface area contributed by atoms with Gasteiger partial charge in [-0.1, -0.05) is 30.7 Å². The van der Waals surface area contributed by atoms with Crippen LogP contribution in [0, 0.1) is 5.41 Å². The van der Waals surface area contributed by atoms with Crippen LogP contribution in [-0.4, -0.2) is 35.5 Å². The lowest BCUT2D eigenvalue weighted by Crippen LogP contribution is -2.42. The highest BCUT2D eigenvalue weighted by molar-refractivity contribution is 14.0. The molecule has 0 unspecified atom stereocenters. The van der Waals surface area contributed by atoms with Gasteiger partial charge in [0, 0.05) is 31.2 Å². The lowest BCUT2D eigenvalue weighted by Gasteiger charge is -2.38. The summed E-state index contributed by atoms with van der Waals surface area (Å²) in [5, 5.41) is 4.67. The zero-order valence-electron chi connectivity index (χ0n) is 14.9. The maximum absolute atomic E-state index is 4.93. The molecular weight excluding hydrogens is 423 g/mol. The molecule has 1 aliphatic heterocycles. The van der Waals surface area contributed by atoms with E-state index in [0.29, 0.717) is 12.0 Å². The Labute approximate surface area is 167 Å². The molecule has 2 fully saturated rings. The van der Waals surface area contributed by atoms with Gasteiger partial charge in [0.2, 0.25) is 0 Å². The van der Waals surface area contributed by atoms with Crippen LogP contribution in [0.4, 0.5) is 0 Å². The second kappa shape index (κ2) is 7.89. The predicted molar refractivity (Wildman–Crippen MR) is 114 cm³/mol. The molecule has 2 aromatic rings. The zero-order valence-corrected chi connectivity index (χ0v) is 17.2. The first-order valence-corrected chi connectivity index (χ1v) is 9.16. The maximum Gasteiger partial charge on any atom is 0.194 e. The third-order valence-corrected chi connectivity index (χ3v) is 5.60. The summed E-state index contributed by atoms with van der Waals surface area (Å²) in [5.74, 6) is 1.06. The van der Waals surface area contributed by atoms with Crippen LogP contribution in [0.5, 0.6) is 0 Å². The third-order valence-electron chi connectivity index (χ3n) is 5.60. The standard InChI is InChI=1S/C20H26N4.HI/c1-2-21-19(24-13-11-20(15-24)9-5-10-20)23-14-17-7-3-6-16-8-4-12-22-18(16)17;/h3-4,6-8,12H,2,5,9-11,13-15H2,1H3,(H,21,23);1H. The number of halogens is 1. The lowest BCUT2D eigenvalue weighted by molar-refractivity contribution is 0.151. The number of fused-ring (bicyclic) bond motifs is 1. The van der Waals surface area contributed by atoms with Crippen LogP contribution in [0.15, 0.2) is 41.5 Å². The van der Waals surface area contributed by atoms with E-state index < -0.39 is 0 Å². The smallest absolute Gasteiger partial charge is 0.194 e. The van der Waals surface area contributed by atoms with Gasteiger partial charge < -0.3 is 10.2 Å². The summed E-state index contributed by atoms with van der Waals surface area (Å²) in [6, 6.07) is 10.5. The van der Waals surface area contributed by atoms with E-state index in [-0.39, 0.29) is 24.0 Å². The van der Waals surface area contributed by atoms with E-state index in [9.17, 15) is 0 Å². The van der Waals surface area contributed by atoms with Crippen molar-refractivity contribution in [1.82, 2.24) is 15.2 Å². The number of aromatic nitrogens is 1. The molecule has 1 aromatic carbocycles. The molecule has 1 N–H and O–H groups in total. The van der Waals surface area contributed by atoms with Gasteiger partial charge in [0.1, 0.15) is 0 Å². The minimum absolute atomic E-state index is 0. The zero-order chi connectivity index (χ0) is 16.4. The molecular formula is C20H27IN4. The average molecular weight is 450 g/mol.